The van der Waals surface area contributed by atoms with Crippen molar-refractivity contribution in [3.63, 3.8) is 0 Å². The van der Waals surface area contributed by atoms with Gasteiger partial charge in [0.25, 0.3) is 0 Å². The van der Waals surface area contributed by atoms with E-state index in [-0.39, 0.29) is 18.1 Å². The minimum Gasteiger partial charge on any atom is -0.350 e. The van der Waals surface area contributed by atoms with E-state index >= 15 is 0 Å². The summed E-state index contributed by atoms with van der Waals surface area (Å²) >= 11 is 1.60. The van der Waals surface area contributed by atoms with Crippen molar-refractivity contribution in [1.82, 2.24) is 10.3 Å². The zero-order chi connectivity index (χ0) is 16.8. The Morgan fingerprint density at radius 3 is 2.54 bits per heavy atom. The second-order valence-electron chi connectivity index (χ2n) is 5.47. The Bertz CT molecular complexity index is 800. The van der Waals surface area contributed by atoms with Crippen LogP contribution >= 0.6 is 11.3 Å². The van der Waals surface area contributed by atoms with Gasteiger partial charge in [-0.1, -0.05) is 42.5 Å². The second-order valence-corrected chi connectivity index (χ2v) is 6.42. The zero-order valence-corrected chi connectivity index (χ0v) is 13.9. The van der Waals surface area contributed by atoms with E-state index in [2.05, 4.69) is 22.4 Å². The van der Waals surface area contributed by atoms with Crippen molar-refractivity contribution >= 4 is 17.2 Å². The van der Waals surface area contributed by atoms with Crippen molar-refractivity contribution < 1.29 is 9.18 Å². The number of amides is 1. The fourth-order valence-electron chi connectivity index (χ4n) is 2.32. The third-order valence-corrected chi connectivity index (χ3v) is 4.44. The van der Waals surface area contributed by atoms with E-state index in [9.17, 15) is 9.18 Å². The molecule has 1 heterocycles. The number of nitrogens with one attached hydrogen (secondary N) is 1. The molecular formula is C19H17FN2OS. The molecule has 3 aromatic rings. The van der Waals surface area contributed by atoms with Crippen LogP contribution in [0.5, 0.6) is 0 Å². The maximum absolute atomic E-state index is 12.8. The molecule has 0 unspecified atom stereocenters. The van der Waals surface area contributed by atoms with Gasteiger partial charge in [0.1, 0.15) is 5.82 Å². The Morgan fingerprint density at radius 1 is 1.04 bits per heavy atom. The van der Waals surface area contributed by atoms with E-state index in [1.54, 1.807) is 23.5 Å². The average Bonchev–Trinajstić information content (AvgIpc) is 3.03. The molecule has 2 aromatic carbocycles. The van der Waals surface area contributed by atoms with Gasteiger partial charge >= 0.3 is 0 Å². The first-order valence-electron chi connectivity index (χ1n) is 7.67. The summed E-state index contributed by atoms with van der Waals surface area (Å²) in [7, 11) is 0. The lowest BCUT2D eigenvalue weighted by atomic mass is 10.1. The van der Waals surface area contributed by atoms with E-state index in [1.807, 2.05) is 23.6 Å². The van der Waals surface area contributed by atoms with Gasteiger partial charge < -0.3 is 5.32 Å². The molecule has 1 amide bonds. The second kappa shape index (κ2) is 7.84. The van der Waals surface area contributed by atoms with Gasteiger partial charge in [0.15, 0.2) is 0 Å². The molecule has 1 N–H and O–H groups in total. The van der Waals surface area contributed by atoms with Crippen LogP contribution in [0.1, 0.15) is 21.8 Å². The summed E-state index contributed by atoms with van der Waals surface area (Å²) in [5, 5.41) is 5.85. The molecule has 0 aliphatic heterocycles. The lowest BCUT2D eigenvalue weighted by Crippen LogP contribution is -2.24. The molecule has 0 fully saturated rings. The quantitative estimate of drug-likeness (QED) is 0.743. The van der Waals surface area contributed by atoms with Crippen LogP contribution in [0.15, 0.2) is 60.0 Å². The zero-order valence-electron chi connectivity index (χ0n) is 13.0. The molecule has 3 rings (SSSR count). The van der Waals surface area contributed by atoms with E-state index in [0.29, 0.717) is 6.54 Å². The van der Waals surface area contributed by atoms with Gasteiger partial charge in [-0.15, -0.1) is 11.3 Å². The van der Waals surface area contributed by atoms with Crippen LogP contribution in [0.2, 0.25) is 0 Å². The minimum atomic E-state index is -0.299. The number of hydrogen-bond acceptors (Lipinski definition) is 3. The van der Waals surface area contributed by atoms with Gasteiger partial charge in [0.2, 0.25) is 5.91 Å². The van der Waals surface area contributed by atoms with Gasteiger partial charge in [0, 0.05) is 11.8 Å². The predicted octanol–water partition coefficient (Wildman–Crippen LogP) is 3.73. The van der Waals surface area contributed by atoms with Gasteiger partial charge in [-0.3, -0.25) is 4.79 Å². The molecular weight excluding hydrogens is 323 g/mol. The summed E-state index contributed by atoms with van der Waals surface area (Å²) in [6, 6.07) is 16.1. The molecule has 0 aliphatic rings. The first-order valence-corrected chi connectivity index (χ1v) is 8.55. The van der Waals surface area contributed by atoms with Gasteiger partial charge in [-0.2, -0.15) is 0 Å². The van der Waals surface area contributed by atoms with Crippen molar-refractivity contribution in [2.75, 3.05) is 0 Å². The monoisotopic (exact) mass is 340 g/mol. The number of carbonyl (C=O) groups is 1. The third kappa shape index (κ3) is 4.73. The highest BCUT2D eigenvalue weighted by Gasteiger charge is 2.07. The summed E-state index contributed by atoms with van der Waals surface area (Å²) in [5.41, 5.74) is 2.87. The summed E-state index contributed by atoms with van der Waals surface area (Å²) in [5.74, 6) is -0.396. The third-order valence-electron chi connectivity index (χ3n) is 3.54. The number of benzene rings is 2. The summed E-state index contributed by atoms with van der Waals surface area (Å²) in [4.78, 5) is 16.5. The maximum atomic E-state index is 12.8. The number of thiazole rings is 1. The highest BCUT2D eigenvalue weighted by atomic mass is 32.1. The molecule has 5 heteroatoms. The Balaban J connectivity index is 1.50. The van der Waals surface area contributed by atoms with Gasteiger partial charge in [-0.25, -0.2) is 9.37 Å². The highest BCUT2D eigenvalue weighted by Crippen LogP contribution is 2.14. The van der Waals surface area contributed by atoms with Crippen molar-refractivity contribution in [3.8, 4) is 0 Å². The molecule has 24 heavy (non-hydrogen) atoms. The predicted molar refractivity (Wildman–Crippen MR) is 93.3 cm³/mol. The number of carbonyl (C=O) groups excluding carboxylic acids is 1. The lowest BCUT2D eigenvalue weighted by molar-refractivity contribution is -0.120. The average molecular weight is 340 g/mol. The number of rotatable bonds is 6. The van der Waals surface area contributed by atoms with Gasteiger partial charge in [0.05, 0.1) is 23.7 Å². The van der Waals surface area contributed by atoms with E-state index in [1.165, 1.54) is 17.7 Å². The molecule has 0 aliphatic carbocycles. The van der Waals surface area contributed by atoms with Crippen LogP contribution in [-0.4, -0.2) is 10.9 Å². The van der Waals surface area contributed by atoms with E-state index < -0.39 is 0 Å². The maximum Gasteiger partial charge on any atom is 0.224 e. The largest absolute Gasteiger partial charge is 0.350 e. The number of hydrogen-bond donors (Lipinski definition) is 1. The Labute approximate surface area is 144 Å². The highest BCUT2D eigenvalue weighted by molar-refractivity contribution is 7.09. The van der Waals surface area contributed by atoms with Crippen molar-refractivity contribution in [2.24, 2.45) is 0 Å². The first-order chi connectivity index (χ1) is 11.7. The minimum absolute atomic E-state index is 0.0979. The van der Waals surface area contributed by atoms with Gasteiger partial charge in [-0.05, 0) is 23.3 Å². The molecule has 0 radical (unpaired) electrons. The Morgan fingerprint density at radius 2 is 1.79 bits per heavy atom. The summed E-state index contributed by atoms with van der Waals surface area (Å²) < 4.78 is 12.8. The Hall–Kier alpha value is -2.53. The van der Waals surface area contributed by atoms with Crippen LogP contribution in [-0.2, 0) is 24.2 Å². The topological polar surface area (TPSA) is 42.0 Å². The SMILES string of the molecule is O=C(Cc1ccc(F)cc1)NCc1csc(Cc2ccccc2)n1. The molecule has 0 bridgehead atoms. The van der Waals surface area contributed by atoms with E-state index in [4.69, 9.17) is 0 Å². The van der Waals surface area contributed by atoms with Crippen LogP contribution in [0.3, 0.4) is 0 Å². The lowest BCUT2D eigenvalue weighted by Gasteiger charge is -2.03. The van der Waals surface area contributed by atoms with Crippen molar-refractivity contribution in [2.45, 2.75) is 19.4 Å². The van der Waals surface area contributed by atoms with E-state index in [0.717, 1.165) is 22.7 Å². The summed E-state index contributed by atoms with van der Waals surface area (Å²) in [6.07, 6.45) is 1.04. The normalized spacial score (nSPS) is 10.5. The van der Waals surface area contributed by atoms with Crippen LogP contribution in [0, 0.1) is 5.82 Å². The number of halogens is 1. The number of aromatic nitrogens is 1. The van der Waals surface area contributed by atoms with Crippen LogP contribution < -0.4 is 5.32 Å². The molecule has 122 valence electrons. The molecule has 0 saturated heterocycles. The first kappa shape index (κ1) is 16.3. The number of nitrogens with zero attached hydrogens (tertiary/aromatic N) is 1. The van der Waals surface area contributed by atoms with Crippen molar-refractivity contribution in [3.05, 3.63) is 87.6 Å². The fraction of sp³-hybridized carbons (Fsp3) is 0.158. The Kier molecular flexibility index (Phi) is 5.33. The molecule has 3 nitrogen and oxygen atoms in total. The smallest absolute Gasteiger partial charge is 0.224 e. The summed E-state index contributed by atoms with van der Waals surface area (Å²) in [6.45, 7) is 0.408. The molecule has 0 spiro atoms. The molecule has 0 saturated carbocycles. The molecule has 1 aromatic heterocycles. The standard InChI is InChI=1S/C19H17FN2OS/c20-16-8-6-15(7-9-16)10-18(23)21-12-17-13-24-19(22-17)11-14-4-2-1-3-5-14/h1-9,13H,10-12H2,(H,21,23). The molecule has 0 atom stereocenters. The van der Waals surface area contributed by atoms with Crippen LogP contribution in [0.25, 0.3) is 0 Å². The van der Waals surface area contributed by atoms with Crippen LogP contribution in [0.4, 0.5) is 4.39 Å². The van der Waals surface area contributed by atoms with Crippen molar-refractivity contribution in [1.29, 1.82) is 0 Å². The fourth-order valence-corrected chi connectivity index (χ4v) is 3.15.